The number of anilines is 4. The van der Waals surface area contributed by atoms with Gasteiger partial charge in [0.25, 0.3) is 0 Å². The Morgan fingerprint density at radius 2 is 0.960 bits per heavy atom. The Hall–Kier alpha value is -3.26. The van der Waals surface area contributed by atoms with Gasteiger partial charge >= 0.3 is 0 Å². The molecule has 4 aromatic carbocycles. The summed E-state index contributed by atoms with van der Waals surface area (Å²) >= 11 is 0. The summed E-state index contributed by atoms with van der Waals surface area (Å²) in [6, 6.07) is 34.4. The van der Waals surface area contributed by atoms with Crippen LogP contribution in [0.3, 0.4) is 0 Å². The van der Waals surface area contributed by atoms with Crippen molar-refractivity contribution in [2.45, 2.75) is 0 Å². The first-order chi connectivity index (χ1) is 12.4. The fourth-order valence-electron chi connectivity index (χ4n) is 3.70. The van der Waals surface area contributed by atoms with Crippen molar-refractivity contribution in [3.8, 4) is 0 Å². The van der Waals surface area contributed by atoms with Gasteiger partial charge in [-0.1, -0.05) is 60.7 Å². The molecule has 0 saturated heterocycles. The molecular formula is C23H18N2. The first-order valence-electron chi connectivity index (χ1n) is 8.59. The summed E-state index contributed by atoms with van der Waals surface area (Å²) in [4.78, 5) is 4.78. The van der Waals surface area contributed by atoms with Crippen molar-refractivity contribution in [1.29, 1.82) is 0 Å². The van der Waals surface area contributed by atoms with Crippen LogP contribution in [0.25, 0.3) is 10.8 Å². The Bertz CT molecular complexity index is 945. The topological polar surface area (TPSA) is 6.48 Å². The van der Waals surface area contributed by atoms with Crippen molar-refractivity contribution in [1.82, 2.24) is 0 Å². The molecule has 0 aromatic heterocycles. The van der Waals surface area contributed by atoms with Crippen molar-refractivity contribution < 1.29 is 0 Å². The van der Waals surface area contributed by atoms with Gasteiger partial charge in [-0.3, -0.25) is 0 Å². The van der Waals surface area contributed by atoms with E-state index in [2.05, 4.69) is 107 Å². The molecule has 0 N–H and O–H groups in total. The highest BCUT2D eigenvalue weighted by atomic mass is 15.3. The van der Waals surface area contributed by atoms with Crippen molar-refractivity contribution in [2.24, 2.45) is 0 Å². The Kier molecular flexibility index (Phi) is 3.20. The molecule has 0 aliphatic carbocycles. The maximum atomic E-state index is 2.39. The van der Waals surface area contributed by atoms with Gasteiger partial charge < -0.3 is 9.80 Å². The van der Waals surface area contributed by atoms with Gasteiger partial charge in [0.05, 0.1) is 18.0 Å². The highest BCUT2D eigenvalue weighted by molar-refractivity contribution is 6.07. The van der Waals surface area contributed by atoms with Crippen molar-refractivity contribution >= 4 is 33.5 Å². The fourth-order valence-corrected chi connectivity index (χ4v) is 3.70. The van der Waals surface area contributed by atoms with E-state index >= 15 is 0 Å². The highest BCUT2D eigenvalue weighted by Crippen LogP contribution is 2.44. The average Bonchev–Trinajstić information content (AvgIpc) is 2.70. The second-order valence-corrected chi connectivity index (χ2v) is 6.32. The lowest BCUT2D eigenvalue weighted by molar-refractivity contribution is 0.917. The average molecular weight is 322 g/mol. The first kappa shape index (κ1) is 14.1. The number of benzene rings is 4. The Balaban J connectivity index is 1.79. The van der Waals surface area contributed by atoms with E-state index in [1.165, 1.54) is 33.5 Å². The number of rotatable bonds is 2. The molecule has 0 radical (unpaired) electrons. The molecule has 2 nitrogen and oxygen atoms in total. The van der Waals surface area contributed by atoms with E-state index in [-0.39, 0.29) is 0 Å². The molecule has 0 atom stereocenters. The number of para-hydroxylation sites is 2. The van der Waals surface area contributed by atoms with Gasteiger partial charge in [-0.2, -0.15) is 0 Å². The summed E-state index contributed by atoms with van der Waals surface area (Å²) in [6.45, 7) is 0.796. The number of hydrogen-bond donors (Lipinski definition) is 0. The Morgan fingerprint density at radius 3 is 1.44 bits per heavy atom. The monoisotopic (exact) mass is 322 g/mol. The summed E-state index contributed by atoms with van der Waals surface area (Å²) in [6.07, 6.45) is 0. The predicted octanol–water partition coefficient (Wildman–Crippen LogP) is 6.09. The van der Waals surface area contributed by atoms with Crippen LogP contribution in [-0.4, -0.2) is 6.67 Å². The summed E-state index contributed by atoms with van der Waals surface area (Å²) in [5.41, 5.74) is 4.97. The Morgan fingerprint density at radius 1 is 0.480 bits per heavy atom. The highest BCUT2D eigenvalue weighted by Gasteiger charge is 2.25. The first-order valence-corrected chi connectivity index (χ1v) is 8.59. The van der Waals surface area contributed by atoms with Crippen LogP contribution in [0.1, 0.15) is 0 Å². The molecular weight excluding hydrogens is 304 g/mol. The van der Waals surface area contributed by atoms with E-state index < -0.39 is 0 Å². The molecule has 5 rings (SSSR count). The molecule has 0 saturated carbocycles. The molecule has 0 amide bonds. The van der Waals surface area contributed by atoms with Crippen LogP contribution in [0.4, 0.5) is 22.7 Å². The molecule has 2 heteroatoms. The number of hydrogen-bond acceptors (Lipinski definition) is 2. The molecule has 120 valence electrons. The lowest BCUT2D eigenvalue weighted by Crippen LogP contribution is -2.35. The smallest absolute Gasteiger partial charge is 0.1000 e. The van der Waals surface area contributed by atoms with E-state index in [0.29, 0.717) is 0 Å². The molecule has 1 aliphatic rings. The molecule has 1 heterocycles. The molecule has 0 fully saturated rings. The third kappa shape index (κ3) is 2.26. The molecule has 25 heavy (non-hydrogen) atoms. The summed E-state index contributed by atoms with van der Waals surface area (Å²) < 4.78 is 0. The quantitative estimate of drug-likeness (QED) is 0.441. The van der Waals surface area contributed by atoms with E-state index in [4.69, 9.17) is 0 Å². The standard InChI is InChI=1S/C23H18N2/c1-3-11-19(12-4-1)24-17-25(20-13-5-2-6-14-20)22-16-8-10-18-9-7-15-21(24)23(18)22/h1-16H,17H2. The minimum Gasteiger partial charge on any atom is -0.322 e. The zero-order chi connectivity index (χ0) is 16.6. The summed E-state index contributed by atoms with van der Waals surface area (Å²) in [5.74, 6) is 0. The van der Waals surface area contributed by atoms with Crippen molar-refractivity contribution in [3.05, 3.63) is 97.1 Å². The van der Waals surface area contributed by atoms with Crippen LogP contribution in [-0.2, 0) is 0 Å². The number of nitrogens with zero attached hydrogens (tertiary/aromatic N) is 2. The molecule has 0 unspecified atom stereocenters. The van der Waals surface area contributed by atoms with Crippen LogP contribution >= 0.6 is 0 Å². The van der Waals surface area contributed by atoms with Crippen molar-refractivity contribution in [3.63, 3.8) is 0 Å². The molecule has 1 aliphatic heterocycles. The molecule has 0 bridgehead atoms. The normalized spacial score (nSPS) is 13.3. The molecule has 4 aromatic rings. The van der Waals surface area contributed by atoms with Crippen LogP contribution in [0.15, 0.2) is 97.1 Å². The van der Waals surface area contributed by atoms with E-state index in [9.17, 15) is 0 Å². The van der Waals surface area contributed by atoms with Crippen molar-refractivity contribution in [2.75, 3.05) is 16.5 Å². The van der Waals surface area contributed by atoms with Gasteiger partial charge in [-0.15, -0.1) is 0 Å². The van der Waals surface area contributed by atoms with E-state index in [0.717, 1.165) is 6.67 Å². The maximum absolute atomic E-state index is 2.39. The minimum absolute atomic E-state index is 0.796. The third-order valence-corrected chi connectivity index (χ3v) is 4.86. The second kappa shape index (κ2) is 5.67. The van der Waals surface area contributed by atoms with Crippen LogP contribution < -0.4 is 9.80 Å². The lowest BCUT2D eigenvalue weighted by Gasteiger charge is -2.39. The Labute approximate surface area is 147 Å². The van der Waals surface area contributed by atoms with Gasteiger partial charge in [0, 0.05) is 16.8 Å². The van der Waals surface area contributed by atoms with E-state index in [1.807, 2.05) is 0 Å². The largest absolute Gasteiger partial charge is 0.322 e. The van der Waals surface area contributed by atoms with Crippen LogP contribution in [0.2, 0.25) is 0 Å². The second-order valence-electron chi connectivity index (χ2n) is 6.32. The third-order valence-electron chi connectivity index (χ3n) is 4.86. The zero-order valence-electron chi connectivity index (χ0n) is 13.8. The maximum Gasteiger partial charge on any atom is 0.1000 e. The fraction of sp³-hybridized carbons (Fsp3) is 0.0435. The zero-order valence-corrected chi connectivity index (χ0v) is 13.8. The lowest BCUT2D eigenvalue weighted by atomic mass is 10.0. The van der Waals surface area contributed by atoms with E-state index in [1.54, 1.807) is 0 Å². The predicted molar refractivity (Wildman–Crippen MR) is 106 cm³/mol. The van der Waals surface area contributed by atoms with Crippen LogP contribution in [0, 0.1) is 0 Å². The molecule has 0 spiro atoms. The van der Waals surface area contributed by atoms with Crippen LogP contribution in [0.5, 0.6) is 0 Å². The van der Waals surface area contributed by atoms with Gasteiger partial charge in [-0.25, -0.2) is 0 Å². The van der Waals surface area contributed by atoms with Gasteiger partial charge in [0.2, 0.25) is 0 Å². The summed E-state index contributed by atoms with van der Waals surface area (Å²) in [7, 11) is 0. The summed E-state index contributed by atoms with van der Waals surface area (Å²) in [5, 5.41) is 2.58. The van der Waals surface area contributed by atoms with Gasteiger partial charge in [0.15, 0.2) is 0 Å². The van der Waals surface area contributed by atoms with Gasteiger partial charge in [0.1, 0.15) is 0 Å². The SMILES string of the molecule is c1ccc(N2CN(c3ccccc3)c3cccc4cccc2c34)cc1. The van der Waals surface area contributed by atoms with Gasteiger partial charge in [-0.05, 0) is 41.8 Å². The minimum atomic E-state index is 0.796.